The second-order valence-electron chi connectivity index (χ2n) is 5.84. The third kappa shape index (κ3) is 3.00. The molecule has 0 spiro atoms. The quantitative estimate of drug-likeness (QED) is 0.906. The van der Waals surface area contributed by atoms with Crippen molar-refractivity contribution >= 4 is 22.9 Å². The van der Waals surface area contributed by atoms with E-state index in [-0.39, 0.29) is 24.4 Å². The zero-order chi connectivity index (χ0) is 15.5. The number of fused-ring (bicyclic) bond motifs is 1. The smallest absolute Gasteiger partial charge is 0.268 e. The van der Waals surface area contributed by atoms with Crippen LogP contribution in [0, 0.1) is 0 Å². The average molecular weight is 303 g/mol. The van der Waals surface area contributed by atoms with Gasteiger partial charge in [0.15, 0.2) is 5.58 Å². The van der Waals surface area contributed by atoms with Gasteiger partial charge in [-0.05, 0) is 12.8 Å². The monoisotopic (exact) mass is 303 g/mol. The van der Waals surface area contributed by atoms with Gasteiger partial charge in [-0.1, -0.05) is 19.3 Å². The molecule has 2 aromatic rings. The van der Waals surface area contributed by atoms with Crippen LogP contribution in [0.5, 0.6) is 0 Å². The molecule has 118 valence electrons. The lowest BCUT2D eigenvalue weighted by Gasteiger charge is -2.22. The van der Waals surface area contributed by atoms with Crippen LogP contribution in [0.1, 0.15) is 42.6 Å². The van der Waals surface area contributed by atoms with Gasteiger partial charge in [-0.2, -0.15) is 0 Å². The van der Waals surface area contributed by atoms with Gasteiger partial charge in [-0.25, -0.2) is 0 Å². The van der Waals surface area contributed by atoms with Crippen LogP contribution in [-0.2, 0) is 11.8 Å². The summed E-state index contributed by atoms with van der Waals surface area (Å²) in [4.78, 5) is 24.1. The van der Waals surface area contributed by atoms with Crippen molar-refractivity contribution in [3.05, 3.63) is 24.1 Å². The van der Waals surface area contributed by atoms with Crippen molar-refractivity contribution in [2.75, 3.05) is 6.54 Å². The molecule has 6 nitrogen and oxygen atoms in total. The molecular weight excluding hydrogens is 282 g/mol. The van der Waals surface area contributed by atoms with E-state index in [1.54, 1.807) is 23.9 Å². The van der Waals surface area contributed by atoms with E-state index >= 15 is 0 Å². The van der Waals surface area contributed by atoms with Gasteiger partial charge in [0.2, 0.25) is 5.91 Å². The highest BCUT2D eigenvalue weighted by atomic mass is 16.3. The molecule has 0 bridgehead atoms. The summed E-state index contributed by atoms with van der Waals surface area (Å²) in [6, 6.07) is 3.75. The van der Waals surface area contributed by atoms with E-state index in [4.69, 9.17) is 4.42 Å². The Bertz CT molecular complexity index is 680. The van der Waals surface area contributed by atoms with E-state index in [1.807, 2.05) is 6.07 Å². The molecule has 0 atom stereocenters. The van der Waals surface area contributed by atoms with E-state index in [2.05, 4.69) is 10.6 Å². The van der Waals surface area contributed by atoms with Crippen LogP contribution in [0.15, 0.2) is 22.8 Å². The predicted octanol–water partition coefficient (Wildman–Crippen LogP) is 1.95. The Hall–Kier alpha value is -2.24. The van der Waals surface area contributed by atoms with Crippen molar-refractivity contribution < 1.29 is 14.0 Å². The Morgan fingerprint density at radius 1 is 1.32 bits per heavy atom. The van der Waals surface area contributed by atoms with Crippen molar-refractivity contribution in [3.8, 4) is 0 Å². The maximum Gasteiger partial charge on any atom is 0.268 e. The molecule has 1 aliphatic rings. The highest BCUT2D eigenvalue weighted by Crippen LogP contribution is 2.19. The Morgan fingerprint density at radius 2 is 2.09 bits per heavy atom. The maximum atomic E-state index is 12.2. The molecule has 0 radical (unpaired) electrons. The lowest BCUT2D eigenvalue weighted by molar-refractivity contribution is -0.121. The molecule has 22 heavy (non-hydrogen) atoms. The first kappa shape index (κ1) is 14.7. The number of furan rings is 1. The van der Waals surface area contributed by atoms with Crippen LogP contribution >= 0.6 is 0 Å². The van der Waals surface area contributed by atoms with E-state index in [1.165, 1.54) is 19.3 Å². The molecule has 2 amide bonds. The third-order valence-electron chi connectivity index (χ3n) is 4.28. The van der Waals surface area contributed by atoms with Crippen LogP contribution in [0.25, 0.3) is 11.1 Å². The molecule has 1 fully saturated rings. The fraction of sp³-hybridized carbons (Fsp3) is 0.500. The normalized spacial score (nSPS) is 15.9. The molecule has 0 aliphatic heterocycles. The van der Waals surface area contributed by atoms with E-state index < -0.39 is 0 Å². The molecule has 1 saturated carbocycles. The lowest BCUT2D eigenvalue weighted by atomic mass is 9.95. The summed E-state index contributed by atoms with van der Waals surface area (Å²) in [6.07, 6.45) is 7.24. The Labute approximate surface area is 128 Å². The largest absolute Gasteiger partial charge is 0.463 e. The molecule has 2 N–H and O–H groups in total. The summed E-state index contributed by atoms with van der Waals surface area (Å²) < 4.78 is 7.03. The zero-order valence-corrected chi connectivity index (χ0v) is 12.7. The molecule has 0 unspecified atom stereocenters. The summed E-state index contributed by atoms with van der Waals surface area (Å²) in [6.45, 7) is 0.00186. The number of rotatable bonds is 4. The van der Waals surface area contributed by atoms with Crippen LogP contribution in [0.4, 0.5) is 0 Å². The van der Waals surface area contributed by atoms with Crippen LogP contribution < -0.4 is 10.6 Å². The highest BCUT2D eigenvalue weighted by Gasteiger charge is 2.18. The van der Waals surface area contributed by atoms with Gasteiger partial charge in [0, 0.05) is 25.2 Å². The molecule has 0 aromatic carbocycles. The standard InChI is InChI=1S/C16H21N3O3/c1-19-12-7-8-22-14(12)9-13(19)16(21)17-10-15(20)18-11-5-3-2-4-6-11/h7-9,11H,2-6,10H2,1H3,(H,17,21)(H,18,20). The van der Waals surface area contributed by atoms with Crippen molar-refractivity contribution in [3.63, 3.8) is 0 Å². The SMILES string of the molecule is Cn1c(C(=O)NCC(=O)NC2CCCCC2)cc2occc21. The van der Waals surface area contributed by atoms with Crippen molar-refractivity contribution in [1.82, 2.24) is 15.2 Å². The number of carbonyl (C=O) groups is 2. The summed E-state index contributed by atoms with van der Waals surface area (Å²) in [5.74, 6) is -0.397. The van der Waals surface area contributed by atoms with Gasteiger partial charge in [-0.3, -0.25) is 9.59 Å². The number of nitrogens with one attached hydrogen (secondary N) is 2. The number of amides is 2. The molecule has 0 saturated heterocycles. The first-order valence-corrected chi connectivity index (χ1v) is 7.75. The first-order valence-electron chi connectivity index (χ1n) is 7.75. The summed E-state index contributed by atoms with van der Waals surface area (Å²) in [5, 5.41) is 5.65. The Morgan fingerprint density at radius 3 is 2.82 bits per heavy atom. The molecule has 2 aromatic heterocycles. The average Bonchev–Trinajstić information content (AvgIpc) is 3.09. The number of aryl methyl sites for hydroxylation is 1. The lowest BCUT2D eigenvalue weighted by Crippen LogP contribution is -2.42. The molecular formula is C16H21N3O3. The zero-order valence-electron chi connectivity index (χ0n) is 12.7. The van der Waals surface area contributed by atoms with Gasteiger partial charge in [-0.15, -0.1) is 0 Å². The van der Waals surface area contributed by atoms with Crippen molar-refractivity contribution in [2.45, 2.75) is 38.1 Å². The first-order chi connectivity index (χ1) is 10.6. The van der Waals surface area contributed by atoms with Gasteiger partial charge in [0.25, 0.3) is 5.91 Å². The van der Waals surface area contributed by atoms with Gasteiger partial charge >= 0.3 is 0 Å². The third-order valence-corrected chi connectivity index (χ3v) is 4.28. The minimum atomic E-state index is -0.271. The Kier molecular flexibility index (Phi) is 4.18. The second-order valence-corrected chi connectivity index (χ2v) is 5.84. The summed E-state index contributed by atoms with van der Waals surface area (Å²) in [5.41, 5.74) is 2.01. The fourth-order valence-corrected chi connectivity index (χ4v) is 3.04. The van der Waals surface area contributed by atoms with Crippen LogP contribution in [0.2, 0.25) is 0 Å². The number of hydrogen-bond acceptors (Lipinski definition) is 3. The van der Waals surface area contributed by atoms with Crippen molar-refractivity contribution in [1.29, 1.82) is 0 Å². The minimum absolute atomic E-state index is 0.00186. The van der Waals surface area contributed by atoms with Gasteiger partial charge in [0.1, 0.15) is 5.69 Å². The maximum absolute atomic E-state index is 12.2. The van der Waals surface area contributed by atoms with E-state index in [0.717, 1.165) is 18.4 Å². The topological polar surface area (TPSA) is 76.3 Å². The van der Waals surface area contributed by atoms with E-state index in [9.17, 15) is 9.59 Å². The van der Waals surface area contributed by atoms with Gasteiger partial charge in [0.05, 0.1) is 18.3 Å². The minimum Gasteiger partial charge on any atom is -0.463 e. The number of carbonyl (C=O) groups excluding carboxylic acids is 2. The molecule has 6 heteroatoms. The summed E-state index contributed by atoms with van der Waals surface area (Å²) in [7, 11) is 1.80. The number of nitrogens with zero attached hydrogens (tertiary/aromatic N) is 1. The predicted molar refractivity (Wildman–Crippen MR) is 82.5 cm³/mol. The second kappa shape index (κ2) is 6.25. The van der Waals surface area contributed by atoms with Crippen molar-refractivity contribution in [2.24, 2.45) is 7.05 Å². The van der Waals surface area contributed by atoms with Crippen LogP contribution in [0.3, 0.4) is 0 Å². The Balaban J connectivity index is 1.54. The van der Waals surface area contributed by atoms with E-state index in [0.29, 0.717) is 11.3 Å². The van der Waals surface area contributed by atoms with Gasteiger partial charge < -0.3 is 19.6 Å². The molecule has 1 aliphatic carbocycles. The van der Waals surface area contributed by atoms with Crippen LogP contribution in [-0.4, -0.2) is 29.0 Å². The fourth-order valence-electron chi connectivity index (χ4n) is 3.04. The number of hydrogen-bond donors (Lipinski definition) is 2. The molecule has 2 heterocycles. The highest BCUT2D eigenvalue weighted by molar-refractivity contribution is 5.99. The summed E-state index contributed by atoms with van der Waals surface area (Å²) >= 11 is 0. The number of aromatic nitrogens is 1. The molecule has 3 rings (SSSR count).